The van der Waals surface area contributed by atoms with Gasteiger partial charge in [0.15, 0.2) is 0 Å². The molecule has 2 atom stereocenters. The minimum atomic E-state index is -4.75. The Labute approximate surface area is 202 Å². The molecular formula is C21H21F5N4O2SSe. The van der Waals surface area contributed by atoms with Crippen molar-refractivity contribution in [2.75, 3.05) is 13.7 Å². The van der Waals surface area contributed by atoms with Crippen LogP contribution < -0.4 is 4.46 Å². The van der Waals surface area contributed by atoms with Gasteiger partial charge in [-0.2, -0.15) is 0 Å². The molecule has 3 heterocycles. The molecule has 0 radical (unpaired) electrons. The second-order valence-electron chi connectivity index (χ2n) is 8.13. The monoisotopic (exact) mass is 568 g/mol. The standard InChI is InChI=1S/C21H21F5N4O2SSe/c1-20(22,23)8-12-9-29(18(31)16(12)34-13-6-4-3-5-7-13)10-14-17(21(24,25)26)27-19-30(14)28-15(33-19)11-32-2/h3-7,12,16H,8-11H2,1-2H3. The summed E-state index contributed by atoms with van der Waals surface area (Å²) in [6, 6.07) is 9.07. The Balaban J connectivity index is 1.66. The molecule has 2 unspecified atom stereocenters. The van der Waals surface area contributed by atoms with Crippen molar-refractivity contribution in [3.63, 3.8) is 0 Å². The number of aromatic nitrogens is 3. The normalized spacial score (nSPS) is 19.5. The van der Waals surface area contributed by atoms with Crippen molar-refractivity contribution in [3.8, 4) is 0 Å². The zero-order valence-electron chi connectivity index (χ0n) is 18.2. The van der Waals surface area contributed by atoms with E-state index in [-0.39, 0.29) is 23.8 Å². The van der Waals surface area contributed by atoms with E-state index in [1.807, 2.05) is 18.2 Å². The fraction of sp³-hybridized carbons (Fsp3) is 0.476. The first-order chi connectivity index (χ1) is 16.0. The zero-order valence-corrected chi connectivity index (χ0v) is 20.7. The SMILES string of the molecule is COCc1nn2c(CN3CC(CC(C)(F)F)C([Se]c4ccccc4)C3=O)c(C(F)(F)F)nc2s1. The number of alkyl halides is 5. The van der Waals surface area contributed by atoms with E-state index in [1.54, 1.807) is 12.1 Å². The quantitative estimate of drug-likeness (QED) is 0.307. The molecule has 0 aliphatic carbocycles. The number of hydrogen-bond acceptors (Lipinski definition) is 5. The van der Waals surface area contributed by atoms with E-state index in [4.69, 9.17) is 4.74 Å². The molecule has 1 aliphatic heterocycles. The average Bonchev–Trinajstić information content (AvgIpc) is 3.36. The van der Waals surface area contributed by atoms with Gasteiger partial charge in [0.2, 0.25) is 0 Å². The van der Waals surface area contributed by atoms with Crippen LogP contribution in [0.1, 0.15) is 29.7 Å². The van der Waals surface area contributed by atoms with E-state index >= 15 is 0 Å². The summed E-state index contributed by atoms with van der Waals surface area (Å²) in [5.41, 5.74) is -1.42. The van der Waals surface area contributed by atoms with Gasteiger partial charge in [0.25, 0.3) is 0 Å². The molecule has 2 aromatic heterocycles. The topological polar surface area (TPSA) is 59.7 Å². The molecule has 0 saturated carbocycles. The fourth-order valence-electron chi connectivity index (χ4n) is 3.98. The van der Waals surface area contributed by atoms with E-state index in [0.717, 1.165) is 27.2 Å². The third-order valence-electron chi connectivity index (χ3n) is 5.28. The van der Waals surface area contributed by atoms with Crippen LogP contribution in [-0.4, -0.2) is 59.9 Å². The van der Waals surface area contributed by atoms with Gasteiger partial charge in [-0.1, -0.05) is 0 Å². The van der Waals surface area contributed by atoms with Gasteiger partial charge in [0.05, 0.1) is 0 Å². The van der Waals surface area contributed by atoms with Crippen LogP contribution in [0.25, 0.3) is 4.96 Å². The van der Waals surface area contributed by atoms with E-state index in [2.05, 4.69) is 10.1 Å². The van der Waals surface area contributed by atoms with Crippen LogP contribution >= 0.6 is 11.3 Å². The van der Waals surface area contributed by atoms with E-state index < -0.39 is 62.4 Å². The van der Waals surface area contributed by atoms with Crippen LogP contribution in [0.3, 0.4) is 0 Å². The number of likely N-dealkylation sites (tertiary alicyclic amines) is 1. The number of amides is 1. The summed E-state index contributed by atoms with van der Waals surface area (Å²) in [6.07, 6.45) is -5.27. The number of nitrogens with zero attached hydrogens (tertiary/aromatic N) is 4. The fourth-order valence-corrected chi connectivity index (χ4v) is 7.45. The summed E-state index contributed by atoms with van der Waals surface area (Å²) in [5, 5.41) is 4.59. The Morgan fingerprint density at radius 3 is 2.53 bits per heavy atom. The Morgan fingerprint density at radius 2 is 1.91 bits per heavy atom. The molecule has 1 fully saturated rings. The number of fused-ring (bicyclic) bond motifs is 1. The van der Waals surface area contributed by atoms with Gasteiger partial charge in [0, 0.05) is 0 Å². The number of halogens is 5. The first-order valence-electron chi connectivity index (χ1n) is 10.3. The maximum absolute atomic E-state index is 13.9. The predicted molar refractivity (Wildman–Crippen MR) is 116 cm³/mol. The molecular weight excluding hydrogens is 546 g/mol. The molecule has 6 nitrogen and oxygen atoms in total. The summed E-state index contributed by atoms with van der Waals surface area (Å²) in [4.78, 5) is 17.6. The van der Waals surface area contributed by atoms with Crippen LogP contribution in [0.15, 0.2) is 30.3 Å². The second-order valence-corrected chi connectivity index (χ2v) is 11.7. The average molecular weight is 567 g/mol. The molecule has 3 aromatic rings. The maximum atomic E-state index is 13.9. The number of benzene rings is 1. The number of ether oxygens (including phenoxy) is 1. The molecule has 13 heteroatoms. The van der Waals surface area contributed by atoms with Crippen molar-refractivity contribution in [3.05, 3.63) is 46.7 Å². The Hall–Kier alpha value is -2.08. The molecule has 34 heavy (non-hydrogen) atoms. The third kappa shape index (κ3) is 5.42. The predicted octanol–water partition coefficient (Wildman–Crippen LogP) is 3.78. The van der Waals surface area contributed by atoms with Crippen molar-refractivity contribution >= 4 is 41.6 Å². The van der Waals surface area contributed by atoms with Gasteiger partial charge < -0.3 is 0 Å². The van der Waals surface area contributed by atoms with Gasteiger partial charge in [-0.25, -0.2) is 0 Å². The van der Waals surface area contributed by atoms with Crippen LogP contribution in [-0.2, 0) is 28.9 Å². The van der Waals surface area contributed by atoms with Crippen molar-refractivity contribution in [1.82, 2.24) is 19.5 Å². The molecule has 1 aromatic carbocycles. The molecule has 0 N–H and O–H groups in total. The number of imidazole rings is 1. The summed E-state index contributed by atoms with van der Waals surface area (Å²) < 4.78 is 75.9. The summed E-state index contributed by atoms with van der Waals surface area (Å²) >= 11 is 0.509. The van der Waals surface area contributed by atoms with Crippen molar-refractivity contribution in [1.29, 1.82) is 0 Å². The number of carbonyl (C=O) groups excluding carboxylic acids is 1. The molecule has 1 amide bonds. The van der Waals surface area contributed by atoms with Crippen LogP contribution in [0.5, 0.6) is 0 Å². The van der Waals surface area contributed by atoms with Gasteiger partial charge in [0.1, 0.15) is 0 Å². The minimum absolute atomic E-state index is 0.0303. The summed E-state index contributed by atoms with van der Waals surface area (Å²) in [5.74, 6) is -4.10. The van der Waals surface area contributed by atoms with E-state index in [0.29, 0.717) is 5.01 Å². The van der Waals surface area contributed by atoms with Gasteiger partial charge in [-0.05, 0) is 0 Å². The first kappa shape index (κ1) is 25.0. The molecule has 0 spiro atoms. The van der Waals surface area contributed by atoms with E-state index in [9.17, 15) is 26.7 Å². The molecule has 1 aliphatic rings. The molecule has 1 saturated heterocycles. The second kappa shape index (κ2) is 9.52. The summed E-state index contributed by atoms with van der Waals surface area (Å²) in [7, 11) is 1.44. The Bertz CT molecular complexity index is 1160. The zero-order chi connectivity index (χ0) is 24.7. The Kier molecular flexibility index (Phi) is 7.01. The first-order valence-corrected chi connectivity index (χ1v) is 12.9. The van der Waals surface area contributed by atoms with Crippen molar-refractivity contribution in [2.45, 2.75) is 43.4 Å². The number of rotatable bonds is 8. The number of carbonyl (C=O) groups is 1. The van der Waals surface area contributed by atoms with Crippen LogP contribution in [0.4, 0.5) is 22.0 Å². The van der Waals surface area contributed by atoms with Gasteiger partial charge in [-0.15, -0.1) is 0 Å². The molecule has 0 bridgehead atoms. The molecule has 184 valence electrons. The Morgan fingerprint density at radius 1 is 1.21 bits per heavy atom. The van der Waals surface area contributed by atoms with Gasteiger partial charge in [-0.3, -0.25) is 0 Å². The number of methoxy groups -OCH3 is 1. The van der Waals surface area contributed by atoms with Crippen LogP contribution in [0.2, 0.25) is 4.82 Å². The van der Waals surface area contributed by atoms with Crippen molar-refractivity contribution in [2.24, 2.45) is 5.92 Å². The number of hydrogen-bond donors (Lipinski definition) is 0. The van der Waals surface area contributed by atoms with E-state index in [1.165, 1.54) is 12.0 Å². The molecule has 4 rings (SSSR count). The summed E-state index contributed by atoms with van der Waals surface area (Å²) in [6.45, 7) is 0.424. The van der Waals surface area contributed by atoms with Crippen LogP contribution in [0, 0.1) is 5.92 Å². The third-order valence-corrected chi connectivity index (χ3v) is 9.07. The van der Waals surface area contributed by atoms with Crippen molar-refractivity contribution < 1.29 is 31.5 Å². The van der Waals surface area contributed by atoms with Gasteiger partial charge >= 0.3 is 202 Å².